The quantitative estimate of drug-likeness (QED) is 0.611. The molecule has 0 aliphatic carbocycles. The number of aliphatic imine (C=N–C) groups is 1. The largest absolute Gasteiger partial charge is 0.369 e. The zero-order valence-corrected chi connectivity index (χ0v) is 10.5. The number of rotatable bonds is 2. The average molecular weight is 263 g/mol. The van der Waals surface area contributed by atoms with Crippen LogP contribution in [0.2, 0.25) is 0 Å². The van der Waals surface area contributed by atoms with Gasteiger partial charge in [0.1, 0.15) is 6.20 Å². The molecule has 8 nitrogen and oxygen atoms in total. The first-order chi connectivity index (χ1) is 8.83. The van der Waals surface area contributed by atoms with Crippen LogP contribution in [0.1, 0.15) is 18.9 Å². The highest BCUT2D eigenvalue weighted by Gasteiger charge is 2.37. The molecule has 0 aromatic carbocycles. The van der Waals surface area contributed by atoms with Crippen molar-refractivity contribution in [2.45, 2.75) is 18.9 Å². The molecule has 100 valence electrons. The Bertz CT molecular complexity index is 585. The fourth-order valence-corrected chi connectivity index (χ4v) is 1.90. The number of aromatic nitrogens is 1. The van der Waals surface area contributed by atoms with E-state index in [1.165, 1.54) is 24.2 Å². The van der Waals surface area contributed by atoms with E-state index in [9.17, 15) is 14.9 Å². The minimum Gasteiger partial charge on any atom is -0.369 e. The summed E-state index contributed by atoms with van der Waals surface area (Å²) in [5, 5.41) is 10.8. The van der Waals surface area contributed by atoms with E-state index >= 15 is 0 Å². The van der Waals surface area contributed by atoms with Gasteiger partial charge < -0.3 is 5.73 Å². The monoisotopic (exact) mass is 263 g/mol. The lowest BCUT2D eigenvalue weighted by atomic mass is 9.88. The van der Waals surface area contributed by atoms with E-state index < -0.39 is 10.5 Å². The fraction of sp³-hybridized carbons (Fsp3) is 0.364. The zero-order valence-electron chi connectivity index (χ0n) is 10.5. The Morgan fingerprint density at radius 2 is 2.21 bits per heavy atom. The van der Waals surface area contributed by atoms with E-state index in [1.54, 1.807) is 6.92 Å². The number of nitro groups is 1. The van der Waals surface area contributed by atoms with Crippen LogP contribution >= 0.6 is 0 Å². The second kappa shape index (κ2) is 4.30. The van der Waals surface area contributed by atoms with Crippen molar-refractivity contribution in [1.82, 2.24) is 9.88 Å². The Morgan fingerprint density at radius 3 is 2.79 bits per heavy atom. The third-order valence-electron chi connectivity index (χ3n) is 3.13. The van der Waals surface area contributed by atoms with E-state index in [0.717, 1.165) is 6.20 Å². The number of carbonyl (C=O) groups is 1. The molecule has 0 saturated carbocycles. The Balaban J connectivity index is 2.48. The van der Waals surface area contributed by atoms with Crippen LogP contribution in [0.5, 0.6) is 0 Å². The van der Waals surface area contributed by atoms with Crippen LogP contribution in [0.25, 0.3) is 0 Å². The number of nitrogens with two attached hydrogens (primary N) is 1. The normalized spacial score (nSPS) is 23.2. The molecule has 0 bridgehead atoms. The molecule has 19 heavy (non-hydrogen) atoms. The number of guanidine groups is 1. The average Bonchev–Trinajstić information content (AvgIpc) is 2.36. The molecule has 1 aliphatic heterocycles. The summed E-state index contributed by atoms with van der Waals surface area (Å²) in [4.78, 5) is 31.4. The second-order valence-electron chi connectivity index (χ2n) is 4.56. The van der Waals surface area contributed by atoms with Gasteiger partial charge in [-0.2, -0.15) is 0 Å². The van der Waals surface area contributed by atoms with Gasteiger partial charge in [0.05, 0.1) is 16.9 Å². The van der Waals surface area contributed by atoms with Crippen molar-refractivity contribution in [3.05, 3.63) is 34.1 Å². The third kappa shape index (κ3) is 2.24. The van der Waals surface area contributed by atoms with Crippen molar-refractivity contribution in [1.29, 1.82) is 0 Å². The summed E-state index contributed by atoms with van der Waals surface area (Å²) in [7, 11) is 1.53. The number of hydrogen-bond donors (Lipinski definition) is 1. The lowest BCUT2D eigenvalue weighted by Gasteiger charge is -2.33. The van der Waals surface area contributed by atoms with E-state index in [4.69, 9.17) is 5.73 Å². The van der Waals surface area contributed by atoms with E-state index in [0.29, 0.717) is 5.56 Å². The molecule has 0 spiro atoms. The molecule has 1 atom stereocenters. The Morgan fingerprint density at radius 1 is 1.53 bits per heavy atom. The zero-order chi connectivity index (χ0) is 14.2. The topological polar surface area (TPSA) is 115 Å². The number of carbonyl (C=O) groups excluding carboxylic acids is 1. The molecule has 1 aromatic heterocycles. The molecule has 1 aromatic rings. The van der Waals surface area contributed by atoms with Crippen molar-refractivity contribution in [3.63, 3.8) is 0 Å². The predicted octanol–water partition coefficient (Wildman–Crippen LogP) is 0.382. The van der Waals surface area contributed by atoms with Crippen LogP contribution < -0.4 is 5.73 Å². The SMILES string of the molecule is CN1C(=O)C[C@@](C)(c2cncc([N+](=O)[O-])c2)N=C1N. The van der Waals surface area contributed by atoms with Gasteiger partial charge in [-0.3, -0.25) is 24.8 Å². The Labute approximate surface area is 109 Å². The van der Waals surface area contributed by atoms with Gasteiger partial charge in [0, 0.05) is 24.9 Å². The Hall–Kier alpha value is -2.51. The standard InChI is InChI=1S/C11H13N5O3/c1-11(4-9(17)15(2)10(12)14-11)7-3-8(16(18)19)6-13-5-7/h3,5-6H,4H2,1-2H3,(H2,12,14)/t11-/m0/s1. The number of pyridine rings is 1. The van der Waals surface area contributed by atoms with Crippen LogP contribution in [-0.2, 0) is 10.3 Å². The summed E-state index contributed by atoms with van der Waals surface area (Å²) < 4.78 is 0. The molecule has 2 heterocycles. The van der Waals surface area contributed by atoms with Gasteiger partial charge in [0.2, 0.25) is 5.91 Å². The van der Waals surface area contributed by atoms with Crippen molar-refractivity contribution in [3.8, 4) is 0 Å². The number of amides is 1. The van der Waals surface area contributed by atoms with Crippen LogP contribution in [0, 0.1) is 10.1 Å². The minimum atomic E-state index is -0.924. The van der Waals surface area contributed by atoms with Gasteiger partial charge >= 0.3 is 0 Å². The summed E-state index contributed by atoms with van der Waals surface area (Å²) in [5.74, 6) is -0.105. The highest BCUT2D eigenvalue weighted by atomic mass is 16.6. The van der Waals surface area contributed by atoms with Crippen molar-refractivity contribution >= 4 is 17.6 Å². The Kier molecular flexibility index (Phi) is 2.93. The lowest BCUT2D eigenvalue weighted by Crippen LogP contribution is -2.47. The van der Waals surface area contributed by atoms with Crippen molar-refractivity contribution in [2.75, 3.05) is 7.05 Å². The summed E-state index contributed by atoms with van der Waals surface area (Å²) >= 11 is 0. The van der Waals surface area contributed by atoms with Gasteiger partial charge in [0.15, 0.2) is 5.96 Å². The van der Waals surface area contributed by atoms with Crippen LogP contribution in [-0.4, -0.2) is 33.7 Å². The smallest absolute Gasteiger partial charge is 0.287 e. The maximum absolute atomic E-state index is 11.8. The van der Waals surface area contributed by atoms with Gasteiger partial charge in [-0.05, 0) is 6.92 Å². The van der Waals surface area contributed by atoms with Crippen LogP contribution in [0.3, 0.4) is 0 Å². The van der Waals surface area contributed by atoms with Gasteiger partial charge in [-0.1, -0.05) is 0 Å². The molecule has 2 rings (SSSR count). The summed E-state index contributed by atoms with van der Waals surface area (Å²) in [6.45, 7) is 1.70. The molecule has 1 aliphatic rings. The molecule has 0 saturated heterocycles. The van der Waals surface area contributed by atoms with Gasteiger partial charge in [-0.15, -0.1) is 0 Å². The number of hydrogen-bond acceptors (Lipinski definition) is 6. The van der Waals surface area contributed by atoms with Crippen LogP contribution in [0.4, 0.5) is 5.69 Å². The summed E-state index contributed by atoms with van der Waals surface area (Å²) in [6, 6.07) is 1.36. The molecule has 1 amide bonds. The first-order valence-corrected chi connectivity index (χ1v) is 5.55. The summed E-state index contributed by atoms with van der Waals surface area (Å²) in [6.07, 6.45) is 2.70. The lowest BCUT2D eigenvalue weighted by molar-refractivity contribution is -0.385. The molecule has 0 fully saturated rings. The fourth-order valence-electron chi connectivity index (χ4n) is 1.90. The van der Waals surface area contributed by atoms with Crippen molar-refractivity contribution in [2.24, 2.45) is 10.7 Å². The first kappa shape index (κ1) is 12.9. The second-order valence-corrected chi connectivity index (χ2v) is 4.56. The molecule has 0 radical (unpaired) electrons. The summed E-state index contributed by atoms with van der Waals surface area (Å²) in [5.41, 5.74) is 5.11. The maximum Gasteiger partial charge on any atom is 0.287 e. The van der Waals surface area contributed by atoms with Gasteiger partial charge in [-0.25, -0.2) is 4.99 Å². The molecule has 0 unspecified atom stereocenters. The molecular weight excluding hydrogens is 250 g/mol. The van der Waals surface area contributed by atoms with E-state index in [-0.39, 0.29) is 24.0 Å². The van der Waals surface area contributed by atoms with Crippen LogP contribution in [0.15, 0.2) is 23.5 Å². The minimum absolute atomic E-state index is 0.0882. The molecule has 2 N–H and O–H groups in total. The van der Waals surface area contributed by atoms with E-state index in [1.807, 2.05) is 0 Å². The third-order valence-corrected chi connectivity index (χ3v) is 3.13. The predicted molar refractivity (Wildman–Crippen MR) is 67.3 cm³/mol. The maximum atomic E-state index is 11.8. The number of nitrogens with zero attached hydrogens (tertiary/aromatic N) is 4. The highest BCUT2D eigenvalue weighted by Crippen LogP contribution is 2.33. The molecular formula is C11H13N5O3. The van der Waals surface area contributed by atoms with E-state index in [2.05, 4.69) is 9.98 Å². The van der Waals surface area contributed by atoms with Gasteiger partial charge in [0.25, 0.3) is 5.69 Å². The van der Waals surface area contributed by atoms with Crippen molar-refractivity contribution < 1.29 is 9.72 Å². The molecule has 8 heteroatoms. The first-order valence-electron chi connectivity index (χ1n) is 5.55. The highest BCUT2D eigenvalue weighted by molar-refractivity contribution is 5.98.